The van der Waals surface area contributed by atoms with Gasteiger partial charge < -0.3 is 20.3 Å². The molecule has 0 spiro atoms. The summed E-state index contributed by atoms with van der Waals surface area (Å²) in [5.74, 6) is 1.60. The Hall–Kier alpha value is -1.46. The number of piperidine rings is 1. The van der Waals surface area contributed by atoms with Crippen LogP contribution in [0.4, 0.5) is 5.69 Å². The van der Waals surface area contributed by atoms with Gasteiger partial charge in [-0.05, 0) is 50.4 Å². The van der Waals surface area contributed by atoms with Crippen LogP contribution in [0.25, 0.3) is 0 Å². The molecule has 1 aliphatic rings. The summed E-state index contributed by atoms with van der Waals surface area (Å²) >= 11 is 0. The third-order valence-corrected chi connectivity index (χ3v) is 4.99. The molecular formula is C20H34IN5O3. The highest BCUT2D eigenvalue weighted by Gasteiger charge is 2.14. The predicted octanol–water partition coefficient (Wildman–Crippen LogP) is 3.02. The van der Waals surface area contributed by atoms with Gasteiger partial charge in [0, 0.05) is 32.3 Å². The maximum Gasteiger partial charge on any atom is 0.269 e. The zero-order chi connectivity index (χ0) is 20.2. The number of nitrogens with one attached hydrogen (secondary N) is 2. The highest BCUT2D eigenvalue weighted by atomic mass is 127. The summed E-state index contributed by atoms with van der Waals surface area (Å²) in [5, 5.41) is 17.4. The number of ether oxygens (including phenoxy) is 1. The molecule has 1 aromatic carbocycles. The van der Waals surface area contributed by atoms with E-state index >= 15 is 0 Å². The van der Waals surface area contributed by atoms with E-state index in [2.05, 4.69) is 27.4 Å². The van der Waals surface area contributed by atoms with Gasteiger partial charge in [0.1, 0.15) is 0 Å². The summed E-state index contributed by atoms with van der Waals surface area (Å²) in [6, 6.07) is 6.50. The molecule has 2 N–H and O–H groups in total. The number of nitrogens with zero attached hydrogens (tertiary/aromatic N) is 3. The lowest BCUT2D eigenvalue weighted by molar-refractivity contribution is -0.384. The molecule has 2 rings (SSSR count). The van der Waals surface area contributed by atoms with E-state index in [0.29, 0.717) is 19.7 Å². The average molecular weight is 519 g/mol. The van der Waals surface area contributed by atoms with E-state index in [-0.39, 0.29) is 29.7 Å². The van der Waals surface area contributed by atoms with Crippen molar-refractivity contribution in [1.82, 2.24) is 15.5 Å². The Morgan fingerprint density at radius 1 is 1.24 bits per heavy atom. The SMILES string of the molecule is COCCNC(=NCc1ccc([N+](=O)[O-])cc1)NCCCN1CCC(C)CC1.I. The molecule has 164 valence electrons. The van der Waals surface area contributed by atoms with Gasteiger partial charge in [0.15, 0.2) is 5.96 Å². The minimum absolute atomic E-state index is 0. The quantitative estimate of drug-likeness (QED) is 0.123. The standard InChI is InChI=1S/C20H33N5O3.HI/c1-17-8-13-24(14-9-17)12-3-10-21-20(22-11-15-28-2)23-16-18-4-6-19(7-5-18)25(26)27;/h4-7,17H,3,8-16H2,1-2H3,(H2,21,22,23);1H. The predicted molar refractivity (Wildman–Crippen MR) is 127 cm³/mol. The van der Waals surface area contributed by atoms with Crippen LogP contribution in [-0.2, 0) is 11.3 Å². The molecule has 0 amide bonds. The molecular weight excluding hydrogens is 485 g/mol. The molecule has 8 nitrogen and oxygen atoms in total. The highest BCUT2D eigenvalue weighted by molar-refractivity contribution is 14.0. The van der Waals surface area contributed by atoms with Gasteiger partial charge in [0.25, 0.3) is 5.69 Å². The number of hydrogen-bond donors (Lipinski definition) is 2. The molecule has 0 aliphatic carbocycles. The minimum Gasteiger partial charge on any atom is -0.383 e. The van der Waals surface area contributed by atoms with Crippen molar-refractivity contribution >= 4 is 35.6 Å². The van der Waals surface area contributed by atoms with Crippen molar-refractivity contribution in [2.45, 2.75) is 32.7 Å². The average Bonchev–Trinajstić information content (AvgIpc) is 2.70. The van der Waals surface area contributed by atoms with Crippen LogP contribution in [-0.4, -0.2) is 62.2 Å². The Labute approximate surface area is 190 Å². The lowest BCUT2D eigenvalue weighted by Crippen LogP contribution is -2.41. The van der Waals surface area contributed by atoms with Crippen molar-refractivity contribution in [1.29, 1.82) is 0 Å². The summed E-state index contributed by atoms with van der Waals surface area (Å²) in [6.45, 7) is 8.43. The van der Waals surface area contributed by atoms with Gasteiger partial charge in [0.2, 0.25) is 0 Å². The Bertz CT molecular complexity index is 619. The lowest BCUT2D eigenvalue weighted by atomic mass is 9.99. The van der Waals surface area contributed by atoms with Gasteiger partial charge in [-0.3, -0.25) is 10.1 Å². The number of rotatable bonds is 10. The molecule has 0 unspecified atom stereocenters. The minimum atomic E-state index is -0.394. The summed E-state index contributed by atoms with van der Waals surface area (Å²) in [4.78, 5) is 17.5. The monoisotopic (exact) mass is 519 g/mol. The molecule has 9 heteroatoms. The molecule has 1 saturated heterocycles. The zero-order valence-corrected chi connectivity index (χ0v) is 19.8. The van der Waals surface area contributed by atoms with Crippen LogP contribution in [0.1, 0.15) is 31.7 Å². The molecule has 0 aromatic heterocycles. The van der Waals surface area contributed by atoms with Crippen LogP contribution in [0.5, 0.6) is 0 Å². The second-order valence-electron chi connectivity index (χ2n) is 7.31. The number of nitro benzene ring substituents is 1. The summed E-state index contributed by atoms with van der Waals surface area (Å²) in [6.07, 6.45) is 3.67. The van der Waals surface area contributed by atoms with E-state index in [0.717, 1.165) is 37.0 Å². The molecule has 29 heavy (non-hydrogen) atoms. The molecule has 1 fully saturated rings. The number of likely N-dealkylation sites (tertiary alicyclic amines) is 1. The first kappa shape index (κ1) is 25.6. The molecule has 1 heterocycles. The number of aliphatic imine (C=N–C) groups is 1. The molecule has 1 aromatic rings. The van der Waals surface area contributed by atoms with E-state index in [1.807, 2.05) is 0 Å². The summed E-state index contributed by atoms with van der Waals surface area (Å²) in [7, 11) is 1.67. The Kier molecular flexibility index (Phi) is 12.8. The van der Waals surface area contributed by atoms with E-state index in [9.17, 15) is 10.1 Å². The van der Waals surface area contributed by atoms with Crippen LogP contribution in [0, 0.1) is 16.0 Å². The second kappa shape index (κ2) is 14.5. The number of benzene rings is 1. The fourth-order valence-corrected chi connectivity index (χ4v) is 3.13. The molecule has 1 aliphatic heterocycles. The van der Waals surface area contributed by atoms with E-state index < -0.39 is 4.92 Å². The fraction of sp³-hybridized carbons (Fsp3) is 0.650. The Morgan fingerprint density at radius 3 is 2.52 bits per heavy atom. The maximum atomic E-state index is 10.7. The van der Waals surface area contributed by atoms with E-state index in [4.69, 9.17) is 4.74 Å². The van der Waals surface area contributed by atoms with Crippen molar-refractivity contribution in [3.63, 3.8) is 0 Å². The largest absolute Gasteiger partial charge is 0.383 e. The van der Waals surface area contributed by atoms with Gasteiger partial charge in [-0.25, -0.2) is 4.99 Å². The normalized spacial score (nSPS) is 15.6. The van der Waals surface area contributed by atoms with Crippen molar-refractivity contribution in [2.24, 2.45) is 10.9 Å². The van der Waals surface area contributed by atoms with Gasteiger partial charge >= 0.3 is 0 Å². The topological polar surface area (TPSA) is 92.0 Å². The van der Waals surface area contributed by atoms with Gasteiger partial charge in [-0.15, -0.1) is 24.0 Å². The fourth-order valence-electron chi connectivity index (χ4n) is 3.13. The molecule has 0 radical (unpaired) electrons. The first-order valence-corrected chi connectivity index (χ1v) is 10.1. The lowest BCUT2D eigenvalue weighted by Gasteiger charge is -2.30. The summed E-state index contributed by atoms with van der Waals surface area (Å²) in [5.41, 5.74) is 1.03. The van der Waals surface area contributed by atoms with Crippen molar-refractivity contribution in [3.8, 4) is 0 Å². The summed E-state index contributed by atoms with van der Waals surface area (Å²) < 4.78 is 5.09. The van der Waals surface area contributed by atoms with Crippen molar-refractivity contribution < 1.29 is 9.66 Å². The van der Waals surface area contributed by atoms with Crippen molar-refractivity contribution in [2.75, 3.05) is 46.4 Å². The highest BCUT2D eigenvalue weighted by Crippen LogP contribution is 2.15. The second-order valence-corrected chi connectivity index (χ2v) is 7.31. The molecule has 0 saturated carbocycles. The van der Waals surface area contributed by atoms with Crippen LogP contribution in [0.3, 0.4) is 0 Å². The number of hydrogen-bond acceptors (Lipinski definition) is 5. The maximum absolute atomic E-state index is 10.7. The van der Waals surface area contributed by atoms with E-state index in [1.165, 1.54) is 38.1 Å². The zero-order valence-electron chi connectivity index (χ0n) is 17.4. The third-order valence-electron chi connectivity index (χ3n) is 4.99. The van der Waals surface area contributed by atoms with Gasteiger partial charge in [0.05, 0.1) is 18.1 Å². The number of halogens is 1. The van der Waals surface area contributed by atoms with Crippen LogP contribution in [0.2, 0.25) is 0 Å². The van der Waals surface area contributed by atoms with Crippen LogP contribution in [0.15, 0.2) is 29.3 Å². The van der Waals surface area contributed by atoms with Crippen molar-refractivity contribution in [3.05, 3.63) is 39.9 Å². The molecule has 0 atom stereocenters. The van der Waals surface area contributed by atoms with Gasteiger partial charge in [-0.2, -0.15) is 0 Å². The first-order valence-electron chi connectivity index (χ1n) is 10.1. The van der Waals surface area contributed by atoms with Crippen LogP contribution < -0.4 is 10.6 Å². The number of guanidine groups is 1. The number of non-ortho nitro benzene ring substituents is 1. The number of methoxy groups -OCH3 is 1. The van der Waals surface area contributed by atoms with Crippen LogP contribution >= 0.6 is 24.0 Å². The molecule has 0 bridgehead atoms. The Morgan fingerprint density at radius 2 is 1.90 bits per heavy atom. The Balaban J connectivity index is 0.00000420. The van der Waals surface area contributed by atoms with Gasteiger partial charge in [-0.1, -0.05) is 19.1 Å². The first-order chi connectivity index (χ1) is 13.6. The number of nitro groups is 1. The van der Waals surface area contributed by atoms with E-state index in [1.54, 1.807) is 19.2 Å². The smallest absolute Gasteiger partial charge is 0.269 e. The third kappa shape index (κ3) is 10.2.